The lowest BCUT2D eigenvalue weighted by Crippen LogP contribution is -2.37. The number of fused-ring (bicyclic) bond motifs is 1. The Morgan fingerprint density at radius 1 is 1.07 bits per heavy atom. The highest BCUT2D eigenvalue weighted by Gasteiger charge is 2.19. The normalized spacial score (nSPS) is 11.7. The molecule has 3 aromatic rings. The number of carbonyl (C=O) groups is 2. The topological polar surface area (TPSA) is 88.3 Å². The molecule has 3 rings (SSSR count). The minimum Gasteiger partial charge on any atom is -0.448 e. The molecule has 0 radical (unpaired) electrons. The van der Waals surface area contributed by atoms with Crippen molar-refractivity contribution in [2.24, 2.45) is 0 Å². The van der Waals surface area contributed by atoms with E-state index < -0.39 is 12.1 Å². The molecule has 2 N–H and O–H groups in total. The number of aromatic amines is 1. The van der Waals surface area contributed by atoms with Crippen molar-refractivity contribution in [2.45, 2.75) is 19.4 Å². The Morgan fingerprint density at radius 3 is 2.56 bits per heavy atom. The standard InChI is InChI=1S/C21H20N2O4/c1-14(19(24)22-12-11-15-7-3-2-4-8-15)27-21(26)18-13-16-9-5-6-10-17(16)20(25)23-18/h2-10,13-14H,11-12H2,1H3,(H,22,24)(H,23,25)/t14-/m1/s1. The summed E-state index contributed by atoms with van der Waals surface area (Å²) in [6, 6.07) is 18.2. The summed E-state index contributed by atoms with van der Waals surface area (Å²) < 4.78 is 5.18. The number of hydrogen-bond donors (Lipinski definition) is 2. The van der Waals surface area contributed by atoms with Gasteiger partial charge in [-0.1, -0.05) is 48.5 Å². The van der Waals surface area contributed by atoms with Gasteiger partial charge in [-0.3, -0.25) is 9.59 Å². The van der Waals surface area contributed by atoms with Crippen LogP contribution in [0.1, 0.15) is 23.0 Å². The summed E-state index contributed by atoms with van der Waals surface area (Å²) in [4.78, 5) is 39.0. The lowest BCUT2D eigenvalue weighted by Gasteiger charge is -2.13. The SMILES string of the molecule is C[C@@H](OC(=O)c1cc2ccccc2c(=O)[nH]1)C(=O)NCCc1ccccc1. The van der Waals surface area contributed by atoms with E-state index in [0.717, 1.165) is 5.56 Å². The van der Waals surface area contributed by atoms with Gasteiger partial charge in [0.1, 0.15) is 5.69 Å². The quantitative estimate of drug-likeness (QED) is 0.658. The van der Waals surface area contributed by atoms with Crippen molar-refractivity contribution in [3.05, 3.63) is 82.3 Å². The van der Waals surface area contributed by atoms with Crippen molar-refractivity contribution < 1.29 is 14.3 Å². The molecular weight excluding hydrogens is 344 g/mol. The minimum atomic E-state index is -0.969. The summed E-state index contributed by atoms with van der Waals surface area (Å²) >= 11 is 0. The molecule has 138 valence electrons. The van der Waals surface area contributed by atoms with Gasteiger partial charge in [0.05, 0.1) is 0 Å². The fourth-order valence-corrected chi connectivity index (χ4v) is 2.72. The number of esters is 1. The van der Waals surface area contributed by atoms with E-state index in [2.05, 4.69) is 10.3 Å². The Hall–Kier alpha value is -3.41. The number of amides is 1. The van der Waals surface area contributed by atoms with Crippen molar-refractivity contribution >= 4 is 22.6 Å². The maximum atomic E-state index is 12.3. The van der Waals surface area contributed by atoms with E-state index in [1.165, 1.54) is 6.92 Å². The highest BCUT2D eigenvalue weighted by Crippen LogP contribution is 2.11. The van der Waals surface area contributed by atoms with Crippen molar-refractivity contribution in [3.63, 3.8) is 0 Å². The third kappa shape index (κ3) is 4.61. The Bertz CT molecular complexity index is 1010. The highest BCUT2D eigenvalue weighted by atomic mass is 16.5. The second kappa shape index (κ2) is 8.31. The van der Waals surface area contributed by atoms with Gasteiger partial charge in [-0.15, -0.1) is 0 Å². The van der Waals surface area contributed by atoms with Gasteiger partial charge in [0.25, 0.3) is 11.5 Å². The average Bonchev–Trinajstić information content (AvgIpc) is 2.68. The molecule has 1 amide bonds. The molecular formula is C21H20N2O4. The van der Waals surface area contributed by atoms with Crippen LogP contribution in [0.15, 0.2) is 65.5 Å². The van der Waals surface area contributed by atoms with E-state index in [1.54, 1.807) is 30.3 Å². The molecule has 0 fully saturated rings. The molecule has 0 spiro atoms. The van der Waals surface area contributed by atoms with Crippen LogP contribution in [-0.4, -0.2) is 29.5 Å². The zero-order valence-corrected chi connectivity index (χ0v) is 14.9. The predicted octanol–water partition coefficient (Wildman–Crippen LogP) is 2.43. The van der Waals surface area contributed by atoms with Gasteiger partial charge >= 0.3 is 5.97 Å². The van der Waals surface area contributed by atoms with Crippen LogP contribution < -0.4 is 10.9 Å². The molecule has 0 aliphatic carbocycles. The molecule has 1 aromatic heterocycles. The highest BCUT2D eigenvalue weighted by molar-refractivity contribution is 5.94. The molecule has 6 nitrogen and oxygen atoms in total. The summed E-state index contributed by atoms with van der Waals surface area (Å²) in [5, 5.41) is 3.86. The first-order valence-electron chi connectivity index (χ1n) is 8.69. The molecule has 0 aliphatic rings. The van der Waals surface area contributed by atoms with Crippen LogP contribution in [0.4, 0.5) is 0 Å². The Labute approximate surface area is 156 Å². The Morgan fingerprint density at radius 2 is 1.78 bits per heavy atom. The van der Waals surface area contributed by atoms with Crippen molar-refractivity contribution in [3.8, 4) is 0 Å². The first-order chi connectivity index (χ1) is 13.0. The molecule has 0 unspecified atom stereocenters. The number of carbonyl (C=O) groups excluding carboxylic acids is 2. The lowest BCUT2D eigenvalue weighted by molar-refractivity contribution is -0.129. The van der Waals surface area contributed by atoms with Gasteiger partial charge in [-0.05, 0) is 36.4 Å². The van der Waals surface area contributed by atoms with Crippen LogP contribution in [0.5, 0.6) is 0 Å². The molecule has 1 heterocycles. The fourth-order valence-electron chi connectivity index (χ4n) is 2.72. The summed E-state index contributed by atoms with van der Waals surface area (Å²) in [5.74, 6) is -1.13. The average molecular weight is 364 g/mol. The Kier molecular flexibility index (Phi) is 5.66. The molecule has 0 saturated heterocycles. The molecule has 0 bridgehead atoms. The number of benzene rings is 2. The monoisotopic (exact) mass is 364 g/mol. The van der Waals surface area contributed by atoms with Crippen LogP contribution in [-0.2, 0) is 16.0 Å². The molecule has 1 atom stereocenters. The van der Waals surface area contributed by atoms with Crippen LogP contribution >= 0.6 is 0 Å². The first kappa shape index (κ1) is 18.4. The second-order valence-corrected chi connectivity index (χ2v) is 6.17. The van der Waals surface area contributed by atoms with Gasteiger partial charge in [0, 0.05) is 11.9 Å². The Balaban J connectivity index is 1.58. The smallest absolute Gasteiger partial charge is 0.355 e. The molecule has 27 heavy (non-hydrogen) atoms. The molecule has 6 heteroatoms. The maximum absolute atomic E-state index is 12.3. The third-order valence-corrected chi connectivity index (χ3v) is 4.18. The van der Waals surface area contributed by atoms with Crippen LogP contribution in [0.3, 0.4) is 0 Å². The van der Waals surface area contributed by atoms with Crippen molar-refractivity contribution in [1.82, 2.24) is 10.3 Å². The van der Waals surface area contributed by atoms with Gasteiger partial charge in [-0.25, -0.2) is 4.79 Å². The largest absolute Gasteiger partial charge is 0.448 e. The third-order valence-electron chi connectivity index (χ3n) is 4.18. The van der Waals surface area contributed by atoms with E-state index in [1.807, 2.05) is 30.3 Å². The van der Waals surface area contributed by atoms with Gasteiger partial charge < -0.3 is 15.0 Å². The van der Waals surface area contributed by atoms with Crippen LogP contribution in [0, 0.1) is 0 Å². The van der Waals surface area contributed by atoms with Gasteiger partial charge in [0.2, 0.25) is 0 Å². The summed E-state index contributed by atoms with van der Waals surface area (Å²) in [6.45, 7) is 1.94. The molecule has 0 aliphatic heterocycles. The van der Waals surface area contributed by atoms with E-state index >= 15 is 0 Å². The van der Waals surface area contributed by atoms with E-state index in [9.17, 15) is 14.4 Å². The van der Waals surface area contributed by atoms with E-state index in [0.29, 0.717) is 23.7 Å². The zero-order valence-electron chi connectivity index (χ0n) is 14.9. The maximum Gasteiger partial charge on any atom is 0.355 e. The number of nitrogens with one attached hydrogen (secondary N) is 2. The molecule has 0 saturated carbocycles. The fraction of sp³-hybridized carbons (Fsp3) is 0.190. The van der Waals surface area contributed by atoms with Gasteiger partial charge in [-0.2, -0.15) is 0 Å². The summed E-state index contributed by atoms with van der Waals surface area (Å²) in [7, 11) is 0. The van der Waals surface area contributed by atoms with E-state index in [-0.39, 0.29) is 17.2 Å². The second-order valence-electron chi connectivity index (χ2n) is 6.17. The van der Waals surface area contributed by atoms with Crippen molar-refractivity contribution in [2.75, 3.05) is 6.54 Å². The predicted molar refractivity (Wildman–Crippen MR) is 103 cm³/mol. The lowest BCUT2D eigenvalue weighted by atomic mass is 10.1. The number of rotatable bonds is 6. The van der Waals surface area contributed by atoms with Gasteiger partial charge in [0.15, 0.2) is 6.10 Å². The number of ether oxygens (including phenoxy) is 1. The van der Waals surface area contributed by atoms with Crippen LogP contribution in [0.25, 0.3) is 10.8 Å². The summed E-state index contributed by atoms with van der Waals surface area (Å²) in [5.41, 5.74) is 0.749. The summed E-state index contributed by atoms with van der Waals surface area (Å²) in [6.07, 6.45) is -0.283. The molecule has 2 aromatic carbocycles. The zero-order chi connectivity index (χ0) is 19.2. The number of hydrogen-bond acceptors (Lipinski definition) is 4. The number of H-pyrrole nitrogens is 1. The van der Waals surface area contributed by atoms with Crippen molar-refractivity contribution in [1.29, 1.82) is 0 Å². The number of aromatic nitrogens is 1. The minimum absolute atomic E-state index is 0.0163. The van der Waals surface area contributed by atoms with E-state index in [4.69, 9.17) is 4.74 Å². The number of pyridine rings is 1. The van der Waals surface area contributed by atoms with Crippen LogP contribution in [0.2, 0.25) is 0 Å². The first-order valence-corrected chi connectivity index (χ1v) is 8.69.